The largest absolute Gasteiger partial charge is 0.508 e. The summed E-state index contributed by atoms with van der Waals surface area (Å²) in [6, 6.07) is 9.64. The van der Waals surface area contributed by atoms with Gasteiger partial charge in [0, 0.05) is 0 Å². The van der Waals surface area contributed by atoms with Crippen molar-refractivity contribution in [2.45, 2.75) is 39.2 Å². The highest BCUT2D eigenvalue weighted by Gasteiger charge is 2.19. The van der Waals surface area contributed by atoms with E-state index in [0.717, 1.165) is 24.3 Å². The molecule has 1 aromatic carbocycles. The fourth-order valence-electron chi connectivity index (χ4n) is 2.44. The van der Waals surface area contributed by atoms with Crippen LogP contribution >= 0.6 is 0 Å². The standard InChI is InChI=1S/C16H22O3/c1-13-7-9-15(10-8-13)12-19-16(17)18-11-14-5-3-2-4-6-14/h2-6,13,15H,7-12H2,1H3/t13-,15-. The van der Waals surface area contributed by atoms with Crippen LogP contribution in [0.1, 0.15) is 38.2 Å². The Labute approximate surface area is 114 Å². The van der Waals surface area contributed by atoms with E-state index in [1.54, 1.807) is 0 Å². The molecule has 0 aliphatic heterocycles. The Balaban J connectivity index is 1.62. The van der Waals surface area contributed by atoms with Gasteiger partial charge in [-0.1, -0.05) is 50.1 Å². The third-order valence-electron chi connectivity index (χ3n) is 3.77. The summed E-state index contributed by atoms with van der Waals surface area (Å²) in [5.74, 6) is 1.33. The zero-order chi connectivity index (χ0) is 13.5. The van der Waals surface area contributed by atoms with E-state index in [1.165, 1.54) is 12.8 Å². The third kappa shape index (κ3) is 4.93. The van der Waals surface area contributed by atoms with Crippen LogP contribution in [0.4, 0.5) is 4.79 Å². The Bertz CT molecular complexity index is 380. The molecule has 3 nitrogen and oxygen atoms in total. The minimum Gasteiger partial charge on any atom is -0.434 e. The number of rotatable bonds is 4. The van der Waals surface area contributed by atoms with Crippen LogP contribution < -0.4 is 0 Å². The van der Waals surface area contributed by atoms with Gasteiger partial charge in [0.25, 0.3) is 0 Å². The van der Waals surface area contributed by atoms with E-state index in [-0.39, 0.29) is 6.61 Å². The molecular formula is C16H22O3. The lowest BCUT2D eigenvalue weighted by Gasteiger charge is -2.25. The predicted molar refractivity (Wildman–Crippen MR) is 73.7 cm³/mol. The van der Waals surface area contributed by atoms with Gasteiger partial charge in [-0.05, 0) is 30.2 Å². The summed E-state index contributed by atoms with van der Waals surface area (Å²) >= 11 is 0. The topological polar surface area (TPSA) is 35.5 Å². The van der Waals surface area contributed by atoms with Gasteiger partial charge in [0.1, 0.15) is 6.61 Å². The number of hydrogen-bond acceptors (Lipinski definition) is 3. The SMILES string of the molecule is C[C@H]1CC[C@H](COC(=O)OCc2ccccc2)CC1. The molecular weight excluding hydrogens is 240 g/mol. The Kier molecular flexibility index (Phi) is 5.25. The van der Waals surface area contributed by atoms with Gasteiger partial charge in [-0.25, -0.2) is 4.79 Å². The number of hydrogen-bond donors (Lipinski definition) is 0. The molecule has 1 saturated carbocycles. The van der Waals surface area contributed by atoms with Gasteiger partial charge < -0.3 is 9.47 Å². The first-order chi connectivity index (χ1) is 9.24. The molecule has 0 heterocycles. The van der Waals surface area contributed by atoms with Crippen LogP contribution in [-0.2, 0) is 16.1 Å². The monoisotopic (exact) mass is 262 g/mol. The van der Waals surface area contributed by atoms with Gasteiger partial charge in [0.05, 0.1) is 6.61 Å². The summed E-state index contributed by atoms with van der Waals surface area (Å²) < 4.78 is 10.3. The van der Waals surface area contributed by atoms with Crippen molar-refractivity contribution in [2.24, 2.45) is 11.8 Å². The Morgan fingerprint density at radius 2 is 1.79 bits per heavy atom. The van der Waals surface area contributed by atoms with Crippen LogP contribution in [0.3, 0.4) is 0 Å². The van der Waals surface area contributed by atoms with Crippen molar-refractivity contribution in [1.29, 1.82) is 0 Å². The zero-order valence-corrected chi connectivity index (χ0v) is 11.5. The second-order valence-electron chi connectivity index (χ2n) is 5.46. The van der Waals surface area contributed by atoms with Crippen molar-refractivity contribution in [1.82, 2.24) is 0 Å². The Hall–Kier alpha value is -1.51. The molecule has 1 aliphatic rings. The van der Waals surface area contributed by atoms with Crippen LogP contribution in [0.2, 0.25) is 0 Å². The van der Waals surface area contributed by atoms with Gasteiger partial charge in [-0.2, -0.15) is 0 Å². The third-order valence-corrected chi connectivity index (χ3v) is 3.77. The molecule has 2 rings (SSSR count). The molecule has 1 aliphatic carbocycles. The van der Waals surface area contributed by atoms with Gasteiger partial charge in [0.2, 0.25) is 0 Å². The fourth-order valence-corrected chi connectivity index (χ4v) is 2.44. The van der Waals surface area contributed by atoms with Crippen molar-refractivity contribution in [3.63, 3.8) is 0 Å². The zero-order valence-electron chi connectivity index (χ0n) is 11.5. The molecule has 0 radical (unpaired) electrons. The van der Waals surface area contributed by atoms with E-state index >= 15 is 0 Å². The smallest absolute Gasteiger partial charge is 0.434 e. The van der Waals surface area contributed by atoms with Crippen LogP contribution in [-0.4, -0.2) is 12.8 Å². The van der Waals surface area contributed by atoms with Crippen molar-refractivity contribution >= 4 is 6.16 Å². The minimum atomic E-state index is -0.553. The van der Waals surface area contributed by atoms with Crippen molar-refractivity contribution < 1.29 is 14.3 Å². The first kappa shape index (κ1) is 13.9. The van der Waals surface area contributed by atoms with Crippen LogP contribution in [0.15, 0.2) is 30.3 Å². The van der Waals surface area contributed by atoms with Crippen LogP contribution in [0, 0.1) is 11.8 Å². The number of carbonyl (C=O) groups excluding carboxylic acids is 1. The van der Waals surface area contributed by atoms with Gasteiger partial charge in [0.15, 0.2) is 0 Å². The van der Waals surface area contributed by atoms with E-state index in [9.17, 15) is 4.79 Å². The summed E-state index contributed by atoms with van der Waals surface area (Å²) in [6.45, 7) is 3.06. The minimum absolute atomic E-state index is 0.279. The highest BCUT2D eigenvalue weighted by atomic mass is 16.7. The molecule has 0 bridgehead atoms. The van der Waals surface area contributed by atoms with E-state index < -0.39 is 6.16 Å². The summed E-state index contributed by atoms with van der Waals surface area (Å²) in [4.78, 5) is 11.5. The van der Waals surface area contributed by atoms with Crippen molar-refractivity contribution in [3.8, 4) is 0 Å². The maximum atomic E-state index is 11.5. The normalized spacial score (nSPS) is 22.8. The molecule has 0 saturated heterocycles. The average Bonchev–Trinajstić information content (AvgIpc) is 2.45. The molecule has 1 fully saturated rings. The fraction of sp³-hybridized carbons (Fsp3) is 0.562. The molecule has 3 heteroatoms. The van der Waals surface area contributed by atoms with Crippen LogP contribution in [0.5, 0.6) is 0 Å². The van der Waals surface area contributed by atoms with E-state index in [1.807, 2.05) is 30.3 Å². The molecule has 0 unspecified atom stereocenters. The molecule has 1 aromatic rings. The van der Waals surface area contributed by atoms with Gasteiger partial charge in [-0.15, -0.1) is 0 Å². The first-order valence-electron chi connectivity index (χ1n) is 7.07. The quantitative estimate of drug-likeness (QED) is 0.764. The lowest BCUT2D eigenvalue weighted by atomic mass is 9.83. The van der Waals surface area contributed by atoms with E-state index in [4.69, 9.17) is 9.47 Å². The maximum Gasteiger partial charge on any atom is 0.508 e. The van der Waals surface area contributed by atoms with E-state index in [0.29, 0.717) is 12.5 Å². The average molecular weight is 262 g/mol. The molecule has 0 spiro atoms. The molecule has 0 N–H and O–H groups in total. The highest BCUT2D eigenvalue weighted by Crippen LogP contribution is 2.28. The predicted octanol–water partition coefficient (Wildman–Crippen LogP) is 4.17. The summed E-state index contributed by atoms with van der Waals surface area (Å²) in [5.41, 5.74) is 0.978. The van der Waals surface area contributed by atoms with Gasteiger partial charge in [-0.3, -0.25) is 0 Å². The molecule has 0 amide bonds. The summed E-state index contributed by atoms with van der Waals surface area (Å²) in [6.07, 6.45) is 4.25. The highest BCUT2D eigenvalue weighted by molar-refractivity contribution is 5.59. The number of ether oxygens (including phenoxy) is 2. The van der Waals surface area contributed by atoms with Crippen molar-refractivity contribution in [3.05, 3.63) is 35.9 Å². The number of carbonyl (C=O) groups is 1. The van der Waals surface area contributed by atoms with E-state index in [2.05, 4.69) is 6.92 Å². The molecule has 104 valence electrons. The summed E-state index contributed by atoms with van der Waals surface area (Å²) in [5, 5.41) is 0. The Morgan fingerprint density at radius 1 is 1.11 bits per heavy atom. The molecule has 0 aromatic heterocycles. The maximum absolute atomic E-state index is 11.5. The van der Waals surface area contributed by atoms with Crippen LogP contribution in [0.25, 0.3) is 0 Å². The lowest BCUT2D eigenvalue weighted by Crippen LogP contribution is -2.19. The Morgan fingerprint density at radius 3 is 2.47 bits per heavy atom. The molecule has 0 atom stereocenters. The second kappa shape index (κ2) is 7.17. The summed E-state index contributed by atoms with van der Waals surface area (Å²) in [7, 11) is 0. The molecule has 19 heavy (non-hydrogen) atoms. The van der Waals surface area contributed by atoms with Crippen molar-refractivity contribution in [2.75, 3.05) is 6.61 Å². The second-order valence-corrected chi connectivity index (χ2v) is 5.46. The number of benzene rings is 1. The van der Waals surface area contributed by atoms with Gasteiger partial charge >= 0.3 is 6.16 Å². The lowest BCUT2D eigenvalue weighted by molar-refractivity contribution is 0.0333. The first-order valence-corrected chi connectivity index (χ1v) is 7.07.